The van der Waals surface area contributed by atoms with Crippen LogP contribution in [0.15, 0.2) is 94.6 Å². The lowest BCUT2D eigenvalue weighted by molar-refractivity contribution is -0.117. The number of benzene rings is 3. The number of hydrogen-bond donors (Lipinski definition) is 1. The number of aryl methyl sites for hydroxylation is 1. The van der Waals surface area contributed by atoms with Gasteiger partial charge in [-0.05, 0) is 54.8 Å². The Morgan fingerprint density at radius 1 is 1.03 bits per heavy atom. The standard InChI is InChI=1S/C30H27NO5/c1-18(2)17-35-23-14-10-20(11-15-23)27-26(28(32)25-16-21-6-4-5-7-24(21)36-25)29(33)30(34)31(27)22-12-8-19(3)9-13-22/h4-16,18,27,33H,17H2,1-3H3. The van der Waals surface area contributed by atoms with E-state index in [0.29, 0.717) is 35.1 Å². The average molecular weight is 482 g/mol. The third-order valence-electron chi connectivity index (χ3n) is 6.19. The first-order chi connectivity index (χ1) is 17.3. The number of para-hydroxylation sites is 1. The van der Waals surface area contributed by atoms with Gasteiger partial charge in [0.1, 0.15) is 11.3 Å². The van der Waals surface area contributed by atoms with Gasteiger partial charge in [0, 0.05) is 11.1 Å². The molecule has 1 aromatic heterocycles. The normalized spacial score (nSPS) is 15.8. The van der Waals surface area contributed by atoms with Crippen LogP contribution >= 0.6 is 0 Å². The van der Waals surface area contributed by atoms with E-state index in [4.69, 9.17) is 9.15 Å². The molecule has 5 rings (SSSR count). The summed E-state index contributed by atoms with van der Waals surface area (Å²) in [6.45, 7) is 6.67. The molecule has 1 unspecified atom stereocenters. The minimum atomic E-state index is -0.833. The monoisotopic (exact) mass is 481 g/mol. The molecule has 0 saturated heterocycles. The lowest BCUT2D eigenvalue weighted by Gasteiger charge is -2.27. The fourth-order valence-corrected chi connectivity index (χ4v) is 4.36. The zero-order valence-corrected chi connectivity index (χ0v) is 20.4. The van der Waals surface area contributed by atoms with Crippen LogP contribution in [0.3, 0.4) is 0 Å². The predicted octanol–water partition coefficient (Wildman–Crippen LogP) is 6.56. The molecular formula is C30H27NO5. The van der Waals surface area contributed by atoms with E-state index in [0.717, 1.165) is 10.9 Å². The number of amides is 1. The molecule has 0 radical (unpaired) electrons. The molecule has 1 amide bonds. The minimum Gasteiger partial charge on any atom is -0.503 e. The molecule has 6 heteroatoms. The Morgan fingerprint density at radius 2 is 1.72 bits per heavy atom. The number of ether oxygens (including phenoxy) is 1. The summed E-state index contributed by atoms with van der Waals surface area (Å²) in [6, 6.07) is 22.7. The number of Topliss-reactive ketones (excluding diaryl/α,β-unsaturated/α-hetero) is 1. The van der Waals surface area contributed by atoms with Crippen LogP contribution in [-0.2, 0) is 4.79 Å². The van der Waals surface area contributed by atoms with Crippen molar-refractivity contribution >= 4 is 28.3 Å². The maximum atomic E-state index is 13.7. The number of carbonyl (C=O) groups is 2. The number of furan rings is 1. The van der Waals surface area contributed by atoms with E-state index in [-0.39, 0.29) is 11.3 Å². The van der Waals surface area contributed by atoms with Gasteiger partial charge in [0.2, 0.25) is 5.78 Å². The topological polar surface area (TPSA) is 80.0 Å². The van der Waals surface area contributed by atoms with Gasteiger partial charge in [0.05, 0.1) is 18.2 Å². The van der Waals surface area contributed by atoms with Crippen molar-refractivity contribution in [2.24, 2.45) is 5.92 Å². The summed E-state index contributed by atoms with van der Waals surface area (Å²) in [7, 11) is 0. The largest absolute Gasteiger partial charge is 0.503 e. The van der Waals surface area contributed by atoms with Crippen LogP contribution in [0.1, 0.15) is 41.6 Å². The second-order valence-corrected chi connectivity index (χ2v) is 9.43. The Hall–Kier alpha value is -4.32. The molecule has 182 valence electrons. The van der Waals surface area contributed by atoms with Crippen LogP contribution in [0, 0.1) is 12.8 Å². The molecular weight excluding hydrogens is 454 g/mol. The van der Waals surface area contributed by atoms with E-state index in [1.54, 1.807) is 12.1 Å². The first-order valence-electron chi connectivity index (χ1n) is 11.9. The summed E-state index contributed by atoms with van der Waals surface area (Å²) in [5.41, 5.74) is 2.82. The second kappa shape index (κ2) is 9.38. The van der Waals surface area contributed by atoms with Crippen molar-refractivity contribution in [3.8, 4) is 5.75 Å². The fourth-order valence-electron chi connectivity index (χ4n) is 4.36. The van der Waals surface area contributed by atoms with Crippen molar-refractivity contribution in [1.82, 2.24) is 0 Å². The minimum absolute atomic E-state index is 0.0181. The lowest BCUT2D eigenvalue weighted by atomic mass is 9.94. The number of aliphatic hydroxyl groups excluding tert-OH is 1. The average Bonchev–Trinajstić information content (AvgIpc) is 3.42. The second-order valence-electron chi connectivity index (χ2n) is 9.43. The Balaban J connectivity index is 1.59. The molecule has 0 fully saturated rings. The van der Waals surface area contributed by atoms with Crippen LogP contribution < -0.4 is 9.64 Å². The Morgan fingerprint density at radius 3 is 2.39 bits per heavy atom. The van der Waals surface area contributed by atoms with Crippen molar-refractivity contribution in [2.45, 2.75) is 26.8 Å². The quantitative estimate of drug-likeness (QED) is 0.303. The van der Waals surface area contributed by atoms with Gasteiger partial charge in [-0.25, -0.2) is 0 Å². The molecule has 1 aliphatic rings. The van der Waals surface area contributed by atoms with Gasteiger partial charge in [0.15, 0.2) is 11.5 Å². The molecule has 0 bridgehead atoms. The number of aliphatic hydroxyl groups is 1. The number of anilines is 1. The third kappa shape index (κ3) is 4.26. The van der Waals surface area contributed by atoms with Gasteiger partial charge in [-0.2, -0.15) is 0 Å². The van der Waals surface area contributed by atoms with E-state index in [1.165, 1.54) is 4.90 Å². The highest BCUT2D eigenvalue weighted by Crippen LogP contribution is 2.42. The highest BCUT2D eigenvalue weighted by atomic mass is 16.5. The zero-order valence-electron chi connectivity index (χ0n) is 20.4. The van der Waals surface area contributed by atoms with E-state index >= 15 is 0 Å². The van der Waals surface area contributed by atoms with Crippen LogP contribution in [0.25, 0.3) is 11.0 Å². The molecule has 2 heterocycles. The SMILES string of the molecule is Cc1ccc(N2C(=O)C(O)=C(C(=O)c3cc4ccccc4o3)C2c2ccc(OCC(C)C)cc2)cc1. The van der Waals surface area contributed by atoms with Crippen LogP contribution in [0.2, 0.25) is 0 Å². The summed E-state index contributed by atoms with van der Waals surface area (Å²) in [6.07, 6.45) is 0. The smallest absolute Gasteiger partial charge is 0.294 e. The maximum absolute atomic E-state index is 13.7. The number of carbonyl (C=O) groups excluding carboxylic acids is 2. The molecule has 0 aliphatic carbocycles. The lowest BCUT2D eigenvalue weighted by Crippen LogP contribution is -2.31. The number of fused-ring (bicyclic) bond motifs is 1. The number of hydrogen-bond acceptors (Lipinski definition) is 5. The third-order valence-corrected chi connectivity index (χ3v) is 6.19. The molecule has 1 aliphatic heterocycles. The number of ketones is 1. The van der Waals surface area contributed by atoms with Crippen molar-refractivity contribution < 1.29 is 23.8 Å². The van der Waals surface area contributed by atoms with Crippen molar-refractivity contribution in [1.29, 1.82) is 0 Å². The molecule has 0 saturated carbocycles. The maximum Gasteiger partial charge on any atom is 0.294 e. The number of rotatable bonds is 7. The summed E-state index contributed by atoms with van der Waals surface area (Å²) in [5, 5.41) is 11.8. The molecule has 36 heavy (non-hydrogen) atoms. The van der Waals surface area contributed by atoms with Gasteiger partial charge in [-0.3, -0.25) is 14.5 Å². The van der Waals surface area contributed by atoms with Gasteiger partial charge >= 0.3 is 0 Å². The Bertz CT molecular complexity index is 1430. The van der Waals surface area contributed by atoms with Crippen LogP contribution in [0.4, 0.5) is 5.69 Å². The van der Waals surface area contributed by atoms with Gasteiger partial charge in [0.25, 0.3) is 5.91 Å². The van der Waals surface area contributed by atoms with Crippen molar-refractivity contribution in [3.63, 3.8) is 0 Å². The molecule has 3 aromatic carbocycles. The van der Waals surface area contributed by atoms with Gasteiger partial charge in [-0.1, -0.05) is 61.9 Å². The number of nitrogens with zero attached hydrogens (tertiary/aromatic N) is 1. The molecule has 1 N–H and O–H groups in total. The van der Waals surface area contributed by atoms with E-state index in [1.807, 2.05) is 73.7 Å². The predicted molar refractivity (Wildman–Crippen MR) is 138 cm³/mol. The van der Waals surface area contributed by atoms with E-state index in [9.17, 15) is 14.7 Å². The van der Waals surface area contributed by atoms with E-state index in [2.05, 4.69) is 13.8 Å². The van der Waals surface area contributed by atoms with Crippen molar-refractivity contribution in [2.75, 3.05) is 11.5 Å². The van der Waals surface area contributed by atoms with E-state index < -0.39 is 23.5 Å². The van der Waals surface area contributed by atoms with Crippen LogP contribution in [-0.4, -0.2) is 23.4 Å². The Kier molecular flexibility index (Phi) is 6.10. The fraction of sp³-hybridized carbons (Fsp3) is 0.200. The van der Waals surface area contributed by atoms with Gasteiger partial charge in [-0.15, -0.1) is 0 Å². The summed E-state index contributed by atoms with van der Waals surface area (Å²) < 4.78 is 11.6. The van der Waals surface area contributed by atoms with Crippen LogP contribution in [0.5, 0.6) is 5.75 Å². The molecule has 0 spiro atoms. The van der Waals surface area contributed by atoms with Crippen molar-refractivity contribution in [3.05, 3.63) is 107 Å². The Labute approximate surface area is 209 Å². The molecule has 4 aromatic rings. The zero-order chi connectivity index (χ0) is 25.4. The summed E-state index contributed by atoms with van der Waals surface area (Å²) in [4.78, 5) is 28.5. The summed E-state index contributed by atoms with van der Waals surface area (Å²) >= 11 is 0. The highest BCUT2D eigenvalue weighted by Gasteiger charge is 2.45. The summed E-state index contributed by atoms with van der Waals surface area (Å²) in [5.74, 6) is -0.608. The molecule has 1 atom stereocenters. The first-order valence-corrected chi connectivity index (χ1v) is 11.9. The molecule has 6 nitrogen and oxygen atoms in total. The highest BCUT2D eigenvalue weighted by molar-refractivity contribution is 6.20. The first kappa shape index (κ1) is 23.4. The van der Waals surface area contributed by atoms with Gasteiger partial charge < -0.3 is 14.3 Å².